The van der Waals surface area contributed by atoms with E-state index in [1.807, 2.05) is 6.07 Å². The Hall–Kier alpha value is -0.580. The number of nitrogens with two attached hydrogens (primary N) is 1. The zero-order chi connectivity index (χ0) is 13.1. The van der Waals surface area contributed by atoms with Gasteiger partial charge in [0.2, 0.25) is 0 Å². The molecule has 4 heteroatoms. The normalized spacial score (nSPS) is 18.4. The molecule has 0 saturated carbocycles. The number of piperidine rings is 1. The van der Waals surface area contributed by atoms with Crippen LogP contribution < -0.4 is 5.73 Å². The van der Waals surface area contributed by atoms with Crippen LogP contribution in [0.4, 0.5) is 5.69 Å². The van der Waals surface area contributed by atoms with E-state index in [9.17, 15) is 0 Å². The zero-order valence-electron chi connectivity index (χ0n) is 11.2. The van der Waals surface area contributed by atoms with Gasteiger partial charge in [-0.1, -0.05) is 6.07 Å². The maximum atomic E-state index is 5.81. The lowest BCUT2D eigenvalue weighted by Crippen LogP contribution is -2.41. The number of nitrogens with zero attached hydrogens (tertiary/aromatic N) is 2. The van der Waals surface area contributed by atoms with Crippen LogP contribution in [0.1, 0.15) is 18.4 Å². The summed E-state index contributed by atoms with van der Waals surface area (Å²) < 4.78 is 1.00. The van der Waals surface area contributed by atoms with E-state index in [2.05, 4.69) is 52.0 Å². The second kappa shape index (κ2) is 6.04. The molecule has 0 aromatic heterocycles. The number of benzene rings is 1. The summed E-state index contributed by atoms with van der Waals surface area (Å²) in [5, 5.41) is 0. The summed E-state index contributed by atoms with van der Waals surface area (Å²) in [6, 6.07) is 6.98. The van der Waals surface area contributed by atoms with Gasteiger partial charge in [-0.2, -0.15) is 0 Å². The van der Waals surface area contributed by atoms with Crippen molar-refractivity contribution in [1.82, 2.24) is 9.80 Å². The van der Waals surface area contributed by atoms with Crippen molar-refractivity contribution in [1.29, 1.82) is 0 Å². The van der Waals surface area contributed by atoms with Crippen LogP contribution in [-0.2, 0) is 6.54 Å². The summed E-state index contributed by atoms with van der Waals surface area (Å²) in [4.78, 5) is 4.87. The molecule has 2 rings (SSSR count). The lowest BCUT2D eigenvalue weighted by molar-refractivity contribution is 0.140. The molecule has 0 unspecified atom stereocenters. The summed E-state index contributed by atoms with van der Waals surface area (Å²) in [6.45, 7) is 3.40. The van der Waals surface area contributed by atoms with Crippen molar-refractivity contribution in [2.45, 2.75) is 25.4 Å². The van der Waals surface area contributed by atoms with E-state index in [4.69, 9.17) is 5.73 Å². The standard InChI is InChI=1S/C14H22BrN3/c1-17(2)12-5-7-18(8-6-12)10-11-3-4-14(16)13(15)9-11/h3-4,9,12H,5-8,10,16H2,1-2H3. The highest BCUT2D eigenvalue weighted by Crippen LogP contribution is 2.22. The van der Waals surface area contributed by atoms with Crippen LogP contribution in [0.3, 0.4) is 0 Å². The minimum atomic E-state index is 0.749. The minimum absolute atomic E-state index is 0.749. The van der Waals surface area contributed by atoms with Crippen molar-refractivity contribution in [2.75, 3.05) is 32.9 Å². The molecular formula is C14H22BrN3. The fourth-order valence-electron chi connectivity index (χ4n) is 2.52. The first-order valence-corrected chi connectivity index (χ1v) is 7.28. The van der Waals surface area contributed by atoms with Gasteiger partial charge in [0.1, 0.15) is 0 Å². The average Bonchev–Trinajstić information content (AvgIpc) is 2.34. The number of hydrogen-bond donors (Lipinski definition) is 1. The summed E-state index contributed by atoms with van der Waals surface area (Å²) in [5.41, 5.74) is 7.95. The predicted octanol–water partition coefficient (Wildman–Crippen LogP) is 2.56. The molecule has 18 heavy (non-hydrogen) atoms. The molecule has 1 fully saturated rings. The Labute approximate surface area is 118 Å². The molecule has 0 amide bonds. The molecule has 1 aromatic carbocycles. The lowest BCUT2D eigenvalue weighted by atomic mass is 10.0. The van der Waals surface area contributed by atoms with Gasteiger partial charge in [0.15, 0.2) is 0 Å². The summed E-state index contributed by atoms with van der Waals surface area (Å²) in [6.07, 6.45) is 2.53. The Morgan fingerprint density at radius 3 is 2.56 bits per heavy atom. The molecule has 3 nitrogen and oxygen atoms in total. The molecule has 0 aliphatic carbocycles. The van der Waals surface area contributed by atoms with Gasteiger partial charge < -0.3 is 10.6 Å². The van der Waals surface area contributed by atoms with Crippen molar-refractivity contribution in [3.8, 4) is 0 Å². The fourth-order valence-corrected chi connectivity index (χ4v) is 2.95. The monoisotopic (exact) mass is 311 g/mol. The van der Waals surface area contributed by atoms with Crippen LogP contribution >= 0.6 is 15.9 Å². The molecule has 1 aliphatic rings. The van der Waals surface area contributed by atoms with Gasteiger partial charge in [0.25, 0.3) is 0 Å². The van der Waals surface area contributed by atoms with Gasteiger partial charge in [-0.3, -0.25) is 4.90 Å². The van der Waals surface area contributed by atoms with Crippen molar-refractivity contribution in [3.63, 3.8) is 0 Å². The van der Waals surface area contributed by atoms with Gasteiger partial charge in [-0.05, 0) is 73.7 Å². The molecule has 0 spiro atoms. The smallest absolute Gasteiger partial charge is 0.0458 e. The number of hydrogen-bond acceptors (Lipinski definition) is 3. The fraction of sp³-hybridized carbons (Fsp3) is 0.571. The summed E-state index contributed by atoms with van der Waals surface area (Å²) in [7, 11) is 4.36. The second-order valence-electron chi connectivity index (χ2n) is 5.33. The number of nitrogen functional groups attached to an aromatic ring is 1. The quantitative estimate of drug-likeness (QED) is 0.871. The molecule has 1 aliphatic heterocycles. The molecule has 100 valence electrons. The molecule has 2 N–H and O–H groups in total. The average molecular weight is 312 g/mol. The predicted molar refractivity (Wildman–Crippen MR) is 80.5 cm³/mol. The number of halogens is 1. The molecular weight excluding hydrogens is 290 g/mol. The minimum Gasteiger partial charge on any atom is -0.398 e. The van der Waals surface area contributed by atoms with Crippen LogP contribution in [0.2, 0.25) is 0 Å². The third-order valence-electron chi connectivity index (χ3n) is 3.76. The molecule has 1 heterocycles. The first-order chi connectivity index (χ1) is 8.56. The van der Waals surface area contributed by atoms with E-state index < -0.39 is 0 Å². The maximum Gasteiger partial charge on any atom is 0.0458 e. The Kier molecular flexibility index (Phi) is 4.65. The Balaban J connectivity index is 1.89. The van der Waals surface area contributed by atoms with E-state index in [-0.39, 0.29) is 0 Å². The van der Waals surface area contributed by atoms with Crippen molar-refractivity contribution < 1.29 is 0 Å². The Morgan fingerprint density at radius 1 is 1.33 bits per heavy atom. The summed E-state index contributed by atoms with van der Waals surface area (Å²) >= 11 is 3.49. The van der Waals surface area contributed by atoms with Gasteiger partial charge in [-0.15, -0.1) is 0 Å². The van der Waals surface area contributed by atoms with Crippen molar-refractivity contribution in [2.24, 2.45) is 0 Å². The lowest BCUT2D eigenvalue weighted by Gasteiger charge is -2.35. The number of rotatable bonds is 3. The molecule has 0 radical (unpaired) electrons. The number of anilines is 1. The SMILES string of the molecule is CN(C)C1CCN(Cc2ccc(N)c(Br)c2)CC1. The largest absolute Gasteiger partial charge is 0.398 e. The van der Waals surface area contributed by atoms with Crippen LogP contribution in [0.25, 0.3) is 0 Å². The molecule has 1 saturated heterocycles. The third kappa shape index (κ3) is 3.46. The van der Waals surface area contributed by atoms with E-state index in [1.54, 1.807) is 0 Å². The Bertz CT molecular complexity index is 398. The van der Waals surface area contributed by atoms with E-state index in [0.29, 0.717) is 0 Å². The number of likely N-dealkylation sites (tertiary alicyclic amines) is 1. The van der Waals surface area contributed by atoms with Crippen LogP contribution in [0.5, 0.6) is 0 Å². The van der Waals surface area contributed by atoms with E-state index in [0.717, 1.165) is 22.7 Å². The highest BCUT2D eigenvalue weighted by Gasteiger charge is 2.20. The first-order valence-electron chi connectivity index (χ1n) is 6.49. The van der Waals surface area contributed by atoms with E-state index >= 15 is 0 Å². The van der Waals surface area contributed by atoms with Crippen molar-refractivity contribution >= 4 is 21.6 Å². The van der Waals surface area contributed by atoms with Gasteiger partial charge in [-0.25, -0.2) is 0 Å². The Morgan fingerprint density at radius 2 is 2.00 bits per heavy atom. The van der Waals surface area contributed by atoms with Gasteiger partial charge >= 0.3 is 0 Å². The van der Waals surface area contributed by atoms with Gasteiger partial charge in [0, 0.05) is 22.7 Å². The summed E-state index contributed by atoms with van der Waals surface area (Å²) in [5.74, 6) is 0. The van der Waals surface area contributed by atoms with Crippen molar-refractivity contribution in [3.05, 3.63) is 28.2 Å². The van der Waals surface area contributed by atoms with Crippen LogP contribution in [0.15, 0.2) is 22.7 Å². The topological polar surface area (TPSA) is 32.5 Å². The maximum absolute atomic E-state index is 5.81. The molecule has 0 atom stereocenters. The van der Waals surface area contributed by atoms with Gasteiger partial charge in [0.05, 0.1) is 0 Å². The highest BCUT2D eigenvalue weighted by molar-refractivity contribution is 9.10. The first kappa shape index (κ1) is 13.8. The third-order valence-corrected chi connectivity index (χ3v) is 4.45. The zero-order valence-corrected chi connectivity index (χ0v) is 12.8. The van der Waals surface area contributed by atoms with E-state index in [1.165, 1.54) is 31.5 Å². The van der Waals surface area contributed by atoms with Crippen LogP contribution in [0, 0.1) is 0 Å². The highest BCUT2D eigenvalue weighted by atomic mass is 79.9. The molecule has 1 aromatic rings. The molecule has 0 bridgehead atoms. The van der Waals surface area contributed by atoms with Crippen LogP contribution in [-0.4, -0.2) is 43.0 Å². The second-order valence-corrected chi connectivity index (χ2v) is 6.18.